The number of rotatable bonds is 6. The van der Waals surface area contributed by atoms with Crippen LogP contribution in [0.1, 0.15) is 33.3 Å². The van der Waals surface area contributed by atoms with Crippen molar-refractivity contribution in [2.24, 2.45) is 0 Å². The molecule has 1 fully saturated rings. The van der Waals surface area contributed by atoms with Gasteiger partial charge in [-0.1, -0.05) is 54.6 Å². The van der Waals surface area contributed by atoms with Crippen molar-refractivity contribution >= 4 is 17.4 Å². The summed E-state index contributed by atoms with van der Waals surface area (Å²) in [5.41, 5.74) is 2.48. The Morgan fingerprint density at radius 2 is 1.67 bits per heavy atom. The summed E-state index contributed by atoms with van der Waals surface area (Å²) in [5.74, 6) is 1.04. The molecule has 4 rings (SSSR count). The van der Waals surface area contributed by atoms with Gasteiger partial charge in [-0.2, -0.15) is 0 Å². The van der Waals surface area contributed by atoms with E-state index in [2.05, 4.69) is 9.88 Å². The third kappa shape index (κ3) is 4.44. The number of hydrogen-bond donors (Lipinski definition) is 0. The van der Waals surface area contributed by atoms with Crippen LogP contribution in [0.2, 0.25) is 0 Å². The second-order valence-corrected chi connectivity index (χ2v) is 7.21. The molecule has 0 aliphatic carbocycles. The Morgan fingerprint density at radius 3 is 2.40 bits per heavy atom. The number of nitrogens with zero attached hydrogens (tertiary/aromatic N) is 3. The summed E-state index contributed by atoms with van der Waals surface area (Å²) in [4.78, 5) is 36.5. The van der Waals surface area contributed by atoms with Gasteiger partial charge in [0.2, 0.25) is 0 Å². The third-order valence-electron chi connectivity index (χ3n) is 5.11. The lowest BCUT2D eigenvalue weighted by Gasteiger charge is -2.28. The van der Waals surface area contributed by atoms with Gasteiger partial charge in [0, 0.05) is 36.7 Å². The van der Waals surface area contributed by atoms with Crippen molar-refractivity contribution in [3.8, 4) is 11.4 Å². The Bertz CT molecular complexity index is 1060. The van der Waals surface area contributed by atoms with Gasteiger partial charge in [0.25, 0.3) is 0 Å². The number of carbonyl (C=O) groups is 2. The minimum Gasteiger partial charge on any atom is -0.378 e. The van der Waals surface area contributed by atoms with Gasteiger partial charge in [-0.15, -0.1) is 0 Å². The molecule has 0 N–H and O–H groups in total. The molecule has 0 unspecified atom stereocenters. The van der Waals surface area contributed by atoms with E-state index in [0.717, 1.165) is 11.4 Å². The highest BCUT2D eigenvalue weighted by atomic mass is 16.5. The first-order chi connectivity index (χ1) is 14.6. The van der Waals surface area contributed by atoms with Crippen LogP contribution in [-0.4, -0.2) is 47.8 Å². The van der Waals surface area contributed by atoms with Crippen molar-refractivity contribution in [3.05, 3.63) is 77.5 Å². The normalized spacial score (nSPS) is 13.8. The lowest BCUT2D eigenvalue weighted by molar-refractivity contribution is 0.0987. The summed E-state index contributed by atoms with van der Waals surface area (Å²) in [5, 5.41) is 0. The monoisotopic (exact) mass is 401 g/mol. The zero-order valence-electron chi connectivity index (χ0n) is 16.9. The molecule has 6 nitrogen and oxygen atoms in total. The van der Waals surface area contributed by atoms with Gasteiger partial charge in [-0.3, -0.25) is 9.59 Å². The molecule has 3 aromatic rings. The SMILES string of the molecule is CC(=O)c1ccccc1CC(=O)c1cc(N2CCOCC2)nc(-c2ccccc2)n1. The van der Waals surface area contributed by atoms with E-state index < -0.39 is 0 Å². The van der Waals surface area contributed by atoms with E-state index in [-0.39, 0.29) is 18.0 Å². The quantitative estimate of drug-likeness (QED) is 0.588. The lowest BCUT2D eigenvalue weighted by Crippen LogP contribution is -2.37. The summed E-state index contributed by atoms with van der Waals surface area (Å²) < 4.78 is 5.44. The molecule has 0 atom stereocenters. The fourth-order valence-corrected chi connectivity index (χ4v) is 3.53. The average molecular weight is 401 g/mol. The van der Waals surface area contributed by atoms with Gasteiger partial charge in [0.1, 0.15) is 11.5 Å². The number of morpholine rings is 1. The zero-order chi connectivity index (χ0) is 20.9. The molecule has 1 saturated heterocycles. The number of Topliss-reactive ketones (excluding diaryl/α,β-unsaturated/α-hetero) is 2. The first-order valence-electron chi connectivity index (χ1n) is 10.0. The summed E-state index contributed by atoms with van der Waals surface area (Å²) >= 11 is 0. The Kier molecular flexibility index (Phi) is 5.95. The lowest BCUT2D eigenvalue weighted by atomic mass is 9.98. The predicted octanol–water partition coefficient (Wildman–Crippen LogP) is 3.61. The molecule has 0 saturated carbocycles. The molecule has 1 aliphatic heterocycles. The largest absolute Gasteiger partial charge is 0.378 e. The van der Waals surface area contributed by atoms with Gasteiger partial charge >= 0.3 is 0 Å². The maximum Gasteiger partial charge on any atom is 0.185 e. The second kappa shape index (κ2) is 8.97. The highest BCUT2D eigenvalue weighted by molar-refractivity contribution is 6.00. The van der Waals surface area contributed by atoms with Crippen LogP contribution in [0.25, 0.3) is 11.4 Å². The molecular formula is C24H23N3O3. The minimum absolute atomic E-state index is 0.0555. The first kappa shape index (κ1) is 19.9. The van der Waals surface area contributed by atoms with Crippen molar-refractivity contribution in [1.29, 1.82) is 0 Å². The maximum absolute atomic E-state index is 13.2. The van der Waals surface area contributed by atoms with Crippen LogP contribution in [0.5, 0.6) is 0 Å². The van der Waals surface area contributed by atoms with Crippen molar-refractivity contribution in [2.45, 2.75) is 13.3 Å². The Hall–Kier alpha value is -3.38. The van der Waals surface area contributed by atoms with Gasteiger partial charge in [-0.25, -0.2) is 9.97 Å². The molecule has 0 amide bonds. The van der Waals surface area contributed by atoms with Crippen LogP contribution in [0.4, 0.5) is 5.82 Å². The van der Waals surface area contributed by atoms with E-state index in [1.165, 1.54) is 6.92 Å². The Balaban J connectivity index is 1.71. The van der Waals surface area contributed by atoms with Crippen molar-refractivity contribution in [3.63, 3.8) is 0 Å². The summed E-state index contributed by atoms with van der Waals surface area (Å²) in [6.45, 7) is 4.19. The average Bonchev–Trinajstić information content (AvgIpc) is 2.80. The number of carbonyl (C=O) groups excluding carboxylic acids is 2. The molecule has 1 aliphatic rings. The van der Waals surface area contributed by atoms with Crippen LogP contribution >= 0.6 is 0 Å². The van der Waals surface area contributed by atoms with Crippen LogP contribution in [-0.2, 0) is 11.2 Å². The molecule has 6 heteroatoms. The van der Waals surface area contributed by atoms with E-state index in [9.17, 15) is 9.59 Å². The summed E-state index contributed by atoms with van der Waals surface area (Å²) in [7, 11) is 0. The molecule has 0 radical (unpaired) electrons. The van der Waals surface area contributed by atoms with Crippen LogP contribution in [0.15, 0.2) is 60.7 Å². The third-order valence-corrected chi connectivity index (χ3v) is 5.11. The topological polar surface area (TPSA) is 72.4 Å². The number of benzene rings is 2. The fraction of sp³-hybridized carbons (Fsp3) is 0.250. The van der Waals surface area contributed by atoms with E-state index in [0.29, 0.717) is 48.9 Å². The number of ketones is 2. The van der Waals surface area contributed by atoms with E-state index in [4.69, 9.17) is 9.72 Å². The van der Waals surface area contributed by atoms with Crippen molar-refractivity contribution in [1.82, 2.24) is 9.97 Å². The predicted molar refractivity (Wildman–Crippen MR) is 115 cm³/mol. The Labute approximate surface area is 175 Å². The van der Waals surface area contributed by atoms with E-state index in [1.807, 2.05) is 42.5 Å². The molecule has 1 aromatic heterocycles. The van der Waals surface area contributed by atoms with Gasteiger partial charge in [-0.05, 0) is 12.5 Å². The standard InChI is InChI=1S/C24H23N3O3/c1-17(28)20-10-6-5-9-19(20)15-22(29)21-16-23(27-11-13-30-14-12-27)26-24(25-21)18-7-3-2-4-8-18/h2-10,16H,11-15H2,1H3. The summed E-state index contributed by atoms with van der Waals surface area (Å²) in [6.07, 6.45) is 0.115. The maximum atomic E-state index is 13.2. The van der Waals surface area contributed by atoms with E-state index in [1.54, 1.807) is 18.2 Å². The molecule has 2 heterocycles. The first-order valence-corrected chi connectivity index (χ1v) is 10.0. The Morgan fingerprint density at radius 1 is 0.967 bits per heavy atom. The van der Waals surface area contributed by atoms with Crippen LogP contribution in [0.3, 0.4) is 0 Å². The van der Waals surface area contributed by atoms with Crippen molar-refractivity contribution < 1.29 is 14.3 Å². The molecule has 2 aromatic carbocycles. The van der Waals surface area contributed by atoms with Crippen LogP contribution < -0.4 is 4.90 Å². The van der Waals surface area contributed by atoms with Crippen LogP contribution in [0, 0.1) is 0 Å². The van der Waals surface area contributed by atoms with E-state index >= 15 is 0 Å². The number of hydrogen-bond acceptors (Lipinski definition) is 6. The second-order valence-electron chi connectivity index (χ2n) is 7.21. The van der Waals surface area contributed by atoms with Crippen molar-refractivity contribution in [2.75, 3.05) is 31.2 Å². The molecule has 0 spiro atoms. The number of anilines is 1. The minimum atomic E-state index is -0.141. The fourth-order valence-electron chi connectivity index (χ4n) is 3.53. The summed E-state index contributed by atoms with van der Waals surface area (Å²) in [6, 6.07) is 18.6. The van der Waals surface area contributed by atoms with Gasteiger partial charge in [0.05, 0.1) is 13.2 Å². The molecular weight excluding hydrogens is 378 g/mol. The number of ether oxygens (including phenoxy) is 1. The molecule has 0 bridgehead atoms. The molecule has 152 valence electrons. The van der Waals surface area contributed by atoms with Gasteiger partial charge in [0.15, 0.2) is 17.4 Å². The smallest absolute Gasteiger partial charge is 0.185 e. The number of aromatic nitrogens is 2. The highest BCUT2D eigenvalue weighted by Gasteiger charge is 2.20. The zero-order valence-corrected chi connectivity index (χ0v) is 16.9. The van der Waals surface area contributed by atoms with Gasteiger partial charge < -0.3 is 9.64 Å². The highest BCUT2D eigenvalue weighted by Crippen LogP contribution is 2.22. The molecule has 30 heavy (non-hydrogen) atoms.